The Bertz CT molecular complexity index is 1940. The van der Waals surface area contributed by atoms with Crippen LogP contribution >= 0.6 is 0 Å². The third-order valence-electron chi connectivity index (χ3n) is 8.25. The van der Waals surface area contributed by atoms with E-state index in [0.717, 1.165) is 33.8 Å². The molecule has 1 atom stereocenters. The van der Waals surface area contributed by atoms with E-state index >= 15 is 0 Å². The van der Waals surface area contributed by atoms with Gasteiger partial charge in [0, 0.05) is 19.5 Å². The number of unbranched alkanes of at least 4 members (excludes halogenated alkanes) is 1. The van der Waals surface area contributed by atoms with E-state index in [9.17, 15) is 18.0 Å². The first-order valence-corrected chi connectivity index (χ1v) is 18.3. The Morgan fingerprint density at radius 1 is 0.740 bits per heavy atom. The summed E-state index contributed by atoms with van der Waals surface area (Å²) in [5.74, 6) is 0.346. The van der Waals surface area contributed by atoms with Gasteiger partial charge in [-0.25, -0.2) is 8.42 Å². The maximum absolute atomic E-state index is 14.7. The minimum absolute atomic E-state index is 0.0424. The van der Waals surface area contributed by atoms with E-state index in [1.165, 1.54) is 17.0 Å². The predicted octanol–water partition coefficient (Wildman–Crippen LogP) is 7.54. The summed E-state index contributed by atoms with van der Waals surface area (Å²) in [5, 5.41) is 3.03. The van der Waals surface area contributed by atoms with Gasteiger partial charge >= 0.3 is 0 Å². The number of benzene rings is 5. The third kappa shape index (κ3) is 9.60. The minimum atomic E-state index is -4.21. The molecule has 0 aromatic heterocycles. The first-order valence-electron chi connectivity index (χ1n) is 16.8. The van der Waals surface area contributed by atoms with Crippen LogP contribution in [0.2, 0.25) is 0 Å². The molecule has 0 aliphatic carbocycles. The van der Waals surface area contributed by atoms with Crippen LogP contribution in [0.5, 0.6) is 11.5 Å². The van der Waals surface area contributed by atoms with E-state index in [1.807, 2.05) is 98.8 Å². The number of anilines is 1. The molecule has 0 bridgehead atoms. The number of aryl methyl sites for hydroxylation is 1. The lowest BCUT2D eigenvalue weighted by Crippen LogP contribution is -2.53. The minimum Gasteiger partial charge on any atom is -0.457 e. The fourth-order valence-electron chi connectivity index (χ4n) is 5.62. The summed E-state index contributed by atoms with van der Waals surface area (Å²) >= 11 is 0. The standard InChI is InChI=1S/C41H43N3O5S/c1-3-4-27-42-41(46)39(29-33-16-8-5-9-17-33)43(30-34-18-14-15-32(2)28-34)40(45)31-44(50(47,48)38-21-12-7-13-22-38)35-23-25-37(26-24-35)49-36-19-10-6-11-20-36/h5-26,28,39H,3-4,27,29-31H2,1-2H3,(H,42,46)/t39-/m0/s1. The maximum atomic E-state index is 14.7. The highest BCUT2D eigenvalue weighted by atomic mass is 32.2. The van der Waals surface area contributed by atoms with Gasteiger partial charge in [0.2, 0.25) is 11.8 Å². The predicted molar refractivity (Wildman–Crippen MR) is 198 cm³/mol. The van der Waals surface area contributed by atoms with E-state index in [0.29, 0.717) is 18.0 Å². The molecule has 0 fully saturated rings. The van der Waals surface area contributed by atoms with Crippen molar-refractivity contribution >= 4 is 27.5 Å². The van der Waals surface area contributed by atoms with E-state index < -0.39 is 28.5 Å². The second-order valence-electron chi connectivity index (χ2n) is 12.1. The molecule has 0 aliphatic heterocycles. The van der Waals surface area contributed by atoms with Gasteiger partial charge in [0.25, 0.3) is 10.0 Å². The molecule has 2 amide bonds. The molecule has 1 N–H and O–H groups in total. The molecule has 0 spiro atoms. The van der Waals surface area contributed by atoms with Gasteiger partial charge in [-0.1, -0.05) is 110 Å². The van der Waals surface area contributed by atoms with E-state index in [4.69, 9.17) is 4.74 Å². The highest BCUT2D eigenvalue weighted by Gasteiger charge is 2.34. The van der Waals surface area contributed by atoms with Crippen LogP contribution in [-0.2, 0) is 32.6 Å². The van der Waals surface area contributed by atoms with Gasteiger partial charge in [-0.05, 0) is 73.0 Å². The smallest absolute Gasteiger partial charge is 0.264 e. The van der Waals surface area contributed by atoms with Crippen LogP contribution < -0.4 is 14.4 Å². The Balaban J connectivity index is 1.54. The first kappa shape index (κ1) is 35.9. The van der Waals surface area contributed by atoms with Gasteiger partial charge in [0.1, 0.15) is 24.1 Å². The van der Waals surface area contributed by atoms with E-state index in [1.54, 1.807) is 42.5 Å². The van der Waals surface area contributed by atoms with Gasteiger partial charge in [-0.3, -0.25) is 13.9 Å². The maximum Gasteiger partial charge on any atom is 0.264 e. The Morgan fingerprint density at radius 3 is 1.98 bits per heavy atom. The van der Waals surface area contributed by atoms with Crippen molar-refractivity contribution in [3.63, 3.8) is 0 Å². The molecule has 50 heavy (non-hydrogen) atoms. The summed E-state index contributed by atoms with van der Waals surface area (Å²) in [5.41, 5.74) is 3.00. The number of nitrogens with one attached hydrogen (secondary N) is 1. The van der Waals surface area contributed by atoms with Crippen molar-refractivity contribution in [3.8, 4) is 11.5 Å². The zero-order chi connectivity index (χ0) is 35.3. The first-order chi connectivity index (χ1) is 24.2. The largest absolute Gasteiger partial charge is 0.457 e. The SMILES string of the molecule is CCCCNC(=O)[C@H](Cc1ccccc1)N(Cc1cccc(C)c1)C(=O)CN(c1ccc(Oc2ccccc2)cc1)S(=O)(=O)c1ccccc1. The van der Waals surface area contributed by atoms with Crippen molar-refractivity contribution in [2.45, 2.75) is 50.6 Å². The number of para-hydroxylation sites is 1. The van der Waals surface area contributed by atoms with Crippen LogP contribution in [0, 0.1) is 6.92 Å². The van der Waals surface area contributed by atoms with Crippen molar-refractivity contribution in [2.24, 2.45) is 0 Å². The van der Waals surface area contributed by atoms with Crippen LogP contribution in [0.15, 0.2) is 144 Å². The van der Waals surface area contributed by atoms with Crippen LogP contribution in [-0.4, -0.2) is 44.3 Å². The molecular weight excluding hydrogens is 647 g/mol. The number of carbonyl (C=O) groups excluding carboxylic acids is 2. The number of hydrogen-bond acceptors (Lipinski definition) is 5. The number of nitrogens with zero attached hydrogens (tertiary/aromatic N) is 2. The second-order valence-corrected chi connectivity index (χ2v) is 14.0. The Labute approximate surface area is 295 Å². The molecule has 0 heterocycles. The molecule has 0 unspecified atom stereocenters. The van der Waals surface area contributed by atoms with Crippen molar-refractivity contribution in [1.82, 2.24) is 10.2 Å². The molecule has 0 aliphatic rings. The molecule has 9 heteroatoms. The average Bonchev–Trinajstić information content (AvgIpc) is 3.13. The van der Waals surface area contributed by atoms with Crippen LogP contribution in [0.25, 0.3) is 0 Å². The van der Waals surface area contributed by atoms with Gasteiger partial charge < -0.3 is 15.0 Å². The van der Waals surface area contributed by atoms with Crippen molar-refractivity contribution in [3.05, 3.63) is 156 Å². The average molecular weight is 690 g/mol. The summed E-state index contributed by atoms with van der Waals surface area (Å²) in [7, 11) is -4.21. The molecule has 5 aromatic carbocycles. The van der Waals surface area contributed by atoms with Gasteiger partial charge in [-0.15, -0.1) is 0 Å². The molecule has 258 valence electrons. The van der Waals surface area contributed by atoms with Crippen molar-refractivity contribution in [2.75, 3.05) is 17.4 Å². The van der Waals surface area contributed by atoms with Crippen molar-refractivity contribution in [1.29, 1.82) is 0 Å². The van der Waals surface area contributed by atoms with E-state index in [2.05, 4.69) is 5.32 Å². The zero-order valence-electron chi connectivity index (χ0n) is 28.4. The molecule has 5 rings (SSSR count). The molecule has 0 saturated heterocycles. The van der Waals surface area contributed by atoms with Gasteiger partial charge in [0.05, 0.1) is 10.6 Å². The Morgan fingerprint density at radius 2 is 1.34 bits per heavy atom. The Hall–Kier alpha value is -5.41. The number of hydrogen-bond donors (Lipinski definition) is 1. The fraction of sp³-hybridized carbons (Fsp3) is 0.220. The van der Waals surface area contributed by atoms with Crippen molar-refractivity contribution < 1.29 is 22.7 Å². The molecular formula is C41H43N3O5S. The quantitative estimate of drug-likeness (QED) is 0.108. The van der Waals surface area contributed by atoms with Gasteiger partial charge in [0.15, 0.2) is 0 Å². The second kappa shape index (κ2) is 17.3. The van der Waals surface area contributed by atoms with Crippen LogP contribution in [0.1, 0.15) is 36.5 Å². The van der Waals surface area contributed by atoms with E-state index in [-0.39, 0.29) is 29.5 Å². The number of rotatable bonds is 16. The highest BCUT2D eigenvalue weighted by Crippen LogP contribution is 2.29. The monoisotopic (exact) mass is 689 g/mol. The molecule has 0 saturated carbocycles. The highest BCUT2D eigenvalue weighted by molar-refractivity contribution is 7.92. The topological polar surface area (TPSA) is 96.0 Å². The number of sulfonamides is 1. The lowest BCUT2D eigenvalue weighted by Gasteiger charge is -2.34. The summed E-state index contributed by atoms with van der Waals surface area (Å²) in [6.45, 7) is 4.06. The summed E-state index contributed by atoms with van der Waals surface area (Å²) in [6.07, 6.45) is 1.95. The number of carbonyl (C=O) groups is 2. The molecule has 8 nitrogen and oxygen atoms in total. The van der Waals surface area contributed by atoms with Crippen LogP contribution in [0.3, 0.4) is 0 Å². The molecule has 0 radical (unpaired) electrons. The zero-order valence-corrected chi connectivity index (χ0v) is 29.3. The lowest BCUT2D eigenvalue weighted by molar-refractivity contribution is -0.140. The number of ether oxygens (including phenoxy) is 1. The number of amides is 2. The fourth-order valence-corrected chi connectivity index (χ4v) is 7.06. The summed E-state index contributed by atoms with van der Waals surface area (Å²) < 4.78 is 35.6. The lowest BCUT2D eigenvalue weighted by atomic mass is 10.0. The summed E-state index contributed by atoms with van der Waals surface area (Å²) in [6, 6.07) is 40.3. The normalized spacial score (nSPS) is 11.7. The molecule has 5 aromatic rings. The Kier molecular flexibility index (Phi) is 12.4. The third-order valence-corrected chi connectivity index (χ3v) is 10.0. The van der Waals surface area contributed by atoms with Crippen LogP contribution in [0.4, 0.5) is 5.69 Å². The van der Waals surface area contributed by atoms with Gasteiger partial charge in [-0.2, -0.15) is 0 Å². The summed E-state index contributed by atoms with van der Waals surface area (Å²) in [4.78, 5) is 30.2.